The zero-order chi connectivity index (χ0) is 18.8. The minimum atomic E-state index is 0.0300. The fourth-order valence-electron chi connectivity index (χ4n) is 3.82. The molecule has 1 aliphatic rings. The largest absolute Gasteiger partial charge is 0.349 e. The van der Waals surface area contributed by atoms with Gasteiger partial charge in [0.1, 0.15) is 5.69 Å². The topological polar surface area (TPSA) is 37.3 Å². The number of carbonyl (C=O) groups excluding carboxylic acids is 1. The lowest BCUT2D eigenvalue weighted by Crippen LogP contribution is -2.34. The van der Waals surface area contributed by atoms with E-state index in [1.165, 1.54) is 33.5 Å². The minimum absolute atomic E-state index is 0.0300. The van der Waals surface area contributed by atoms with Gasteiger partial charge in [0.15, 0.2) is 0 Å². The van der Waals surface area contributed by atoms with Crippen LogP contribution in [0.3, 0.4) is 0 Å². The van der Waals surface area contributed by atoms with E-state index < -0.39 is 0 Å². The molecule has 0 bridgehead atoms. The Labute approximate surface area is 164 Å². The van der Waals surface area contributed by atoms with E-state index in [9.17, 15) is 4.79 Å². The third-order valence-electron chi connectivity index (χ3n) is 5.32. The summed E-state index contributed by atoms with van der Waals surface area (Å²) in [5.74, 6) is 0.0300. The van der Waals surface area contributed by atoms with Crippen LogP contribution >= 0.6 is 11.3 Å². The van der Waals surface area contributed by atoms with Gasteiger partial charge in [0.25, 0.3) is 5.91 Å². The van der Waals surface area contributed by atoms with Crippen molar-refractivity contribution in [2.45, 2.75) is 33.2 Å². The maximum absolute atomic E-state index is 12.9. The van der Waals surface area contributed by atoms with Gasteiger partial charge in [-0.25, -0.2) is 0 Å². The number of aryl methyl sites for hydroxylation is 2. The summed E-state index contributed by atoms with van der Waals surface area (Å²) in [5.41, 5.74) is 4.39. The van der Waals surface area contributed by atoms with Crippen LogP contribution in [-0.4, -0.2) is 41.6 Å². The molecule has 142 valence electrons. The number of nitrogens with one attached hydrogen (secondary N) is 1. The van der Waals surface area contributed by atoms with Crippen LogP contribution in [0.4, 0.5) is 0 Å². The first-order valence-corrected chi connectivity index (χ1v) is 10.6. The van der Waals surface area contributed by atoms with Gasteiger partial charge in [-0.3, -0.25) is 4.79 Å². The SMILES string of the molecule is Cc1ccc(Cn2c(C(=O)NCCN3CCCC3)cc3sc(C)cc32)cc1. The highest BCUT2D eigenvalue weighted by Crippen LogP contribution is 2.29. The zero-order valence-electron chi connectivity index (χ0n) is 16.1. The second-order valence-electron chi connectivity index (χ2n) is 7.51. The molecule has 0 unspecified atom stereocenters. The molecule has 1 aromatic carbocycles. The number of rotatable bonds is 6. The highest BCUT2D eigenvalue weighted by atomic mass is 32.1. The van der Waals surface area contributed by atoms with Crippen molar-refractivity contribution >= 4 is 27.5 Å². The van der Waals surface area contributed by atoms with Crippen LogP contribution < -0.4 is 5.32 Å². The first-order chi connectivity index (χ1) is 13.1. The molecule has 2 aromatic heterocycles. The van der Waals surface area contributed by atoms with Crippen molar-refractivity contribution < 1.29 is 4.79 Å². The molecule has 0 saturated carbocycles. The van der Waals surface area contributed by atoms with Gasteiger partial charge in [0, 0.05) is 24.5 Å². The number of thiophene rings is 1. The Morgan fingerprint density at radius 3 is 2.59 bits per heavy atom. The highest BCUT2D eigenvalue weighted by Gasteiger charge is 2.18. The smallest absolute Gasteiger partial charge is 0.268 e. The van der Waals surface area contributed by atoms with Crippen molar-refractivity contribution in [3.05, 3.63) is 58.1 Å². The van der Waals surface area contributed by atoms with E-state index >= 15 is 0 Å². The van der Waals surface area contributed by atoms with Crippen molar-refractivity contribution in [3.63, 3.8) is 0 Å². The van der Waals surface area contributed by atoms with E-state index in [0.29, 0.717) is 6.54 Å². The van der Waals surface area contributed by atoms with Gasteiger partial charge in [-0.05, 0) is 57.5 Å². The van der Waals surface area contributed by atoms with E-state index in [2.05, 4.69) is 59.0 Å². The van der Waals surface area contributed by atoms with E-state index in [1.54, 1.807) is 11.3 Å². The Morgan fingerprint density at radius 1 is 1.11 bits per heavy atom. The van der Waals surface area contributed by atoms with Crippen molar-refractivity contribution in [1.29, 1.82) is 0 Å². The zero-order valence-corrected chi connectivity index (χ0v) is 16.9. The summed E-state index contributed by atoms with van der Waals surface area (Å²) >= 11 is 1.75. The summed E-state index contributed by atoms with van der Waals surface area (Å²) in [5, 5.41) is 3.13. The van der Waals surface area contributed by atoms with Crippen molar-refractivity contribution in [3.8, 4) is 0 Å². The number of benzene rings is 1. The monoisotopic (exact) mass is 381 g/mol. The van der Waals surface area contributed by atoms with Crippen molar-refractivity contribution in [2.24, 2.45) is 0 Å². The summed E-state index contributed by atoms with van der Waals surface area (Å²) in [6.45, 7) is 8.91. The van der Waals surface area contributed by atoms with Crippen molar-refractivity contribution in [1.82, 2.24) is 14.8 Å². The molecular weight excluding hydrogens is 354 g/mol. The van der Waals surface area contributed by atoms with Gasteiger partial charge in [0.2, 0.25) is 0 Å². The van der Waals surface area contributed by atoms with E-state index in [0.717, 1.165) is 37.4 Å². The second kappa shape index (κ2) is 7.87. The Morgan fingerprint density at radius 2 is 1.85 bits per heavy atom. The lowest BCUT2D eigenvalue weighted by atomic mass is 10.1. The summed E-state index contributed by atoms with van der Waals surface area (Å²) in [7, 11) is 0. The number of fused-ring (bicyclic) bond motifs is 1. The molecule has 1 N–H and O–H groups in total. The Bertz CT molecular complexity index is 933. The molecule has 4 rings (SSSR count). The van der Waals surface area contributed by atoms with Gasteiger partial charge in [-0.1, -0.05) is 29.8 Å². The number of carbonyl (C=O) groups is 1. The Hall–Kier alpha value is -2.11. The standard InChI is InChI=1S/C22H27N3OS/c1-16-5-7-18(8-6-16)15-25-19-13-17(2)27-21(19)14-20(25)22(26)23-9-12-24-10-3-4-11-24/h5-8,13-14H,3-4,9-12,15H2,1-2H3,(H,23,26). The molecule has 5 heteroatoms. The molecule has 3 aromatic rings. The van der Waals surface area contributed by atoms with Crippen LogP contribution in [0.15, 0.2) is 36.4 Å². The maximum Gasteiger partial charge on any atom is 0.268 e. The molecule has 0 atom stereocenters. The molecule has 0 spiro atoms. The minimum Gasteiger partial charge on any atom is -0.349 e. The average molecular weight is 382 g/mol. The number of likely N-dealkylation sites (tertiary alicyclic amines) is 1. The predicted molar refractivity (Wildman–Crippen MR) is 113 cm³/mol. The molecule has 0 radical (unpaired) electrons. The molecule has 1 amide bonds. The molecule has 1 aliphatic heterocycles. The lowest BCUT2D eigenvalue weighted by Gasteiger charge is -2.15. The molecule has 1 saturated heterocycles. The number of amides is 1. The van der Waals surface area contributed by atoms with Gasteiger partial charge in [-0.15, -0.1) is 11.3 Å². The molecule has 4 nitrogen and oxygen atoms in total. The maximum atomic E-state index is 12.9. The van der Waals surface area contributed by atoms with Crippen LogP contribution in [0.2, 0.25) is 0 Å². The highest BCUT2D eigenvalue weighted by molar-refractivity contribution is 7.19. The van der Waals surface area contributed by atoms with E-state index in [4.69, 9.17) is 0 Å². The molecule has 3 heterocycles. The van der Waals surface area contributed by atoms with E-state index in [-0.39, 0.29) is 5.91 Å². The lowest BCUT2D eigenvalue weighted by molar-refractivity contribution is 0.0941. The first kappa shape index (κ1) is 18.3. The second-order valence-corrected chi connectivity index (χ2v) is 8.80. The fourth-order valence-corrected chi connectivity index (χ4v) is 4.79. The summed E-state index contributed by atoms with van der Waals surface area (Å²) in [6, 6.07) is 12.8. The third kappa shape index (κ3) is 4.09. The number of aromatic nitrogens is 1. The first-order valence-electron chi connectivity index (χ1n) is 9.76. The van der Waals surface area contributed by atoms with Crippen LogP contribution in [-0.2, 0) is 6.54 Å². The van der Waals surface area contributed by atoms with Crippen molar-refractivity contribution in [2.75, 3.05) is 26.2 Å². The van der Waals surface area contributed by atoms with Crippen LogP contribution in [0.1, 0.15) is 39.3 Å². The molecule has 27 heavy (non-hydrogen) atoms. The van der Waals surface area contributed by atoms with E-state index in [1.807, 2.05) is 6.07 Å². The van der Waals surface area contributed by atoms with Gasteiger partial charge >= 0.3 is 0 Å². The number of hydrogen-bond donors (Lipinski definition) is 1. The predicted octanol–water partition coefficient (Wildman–Crippen LogP) is 4.19. The molecule has 0 aliphatic carbocycles. The Balaban J connectivity index is 1.54. The van der Waals surface area contributed by atoms with Gasteiger partial charge in [0.05, 0.1) is 10.2 Å². The summed E-state index contributed by atoms with van der Waals surface area (Å²) < 4.78 is 3.35. The van der Waals surface area contributed by atoms with Gasteiger partial charge in [-0.2, -0.15) is 0 Å². The molecule has 1 fully saturated rings. The molecular formula is C22H27N3OS. The fraction of sp³-hybridized carbons (Fsp3) is 0.409. The quantitative estimate of drug-likeness (QED) is 0.695. The summed E-state index contributed by atoms with van der Waals surface area (Å²) in [4.78, 5) is 16.6. The third-order valence-corrected chi connectivity index (χ3v) is 6.31. The summed E-state index contributed by atoms with van der Waals surface area (Å²) in [6.07, 6.45) is 2.56. The normalized spacial score (nSPS) is 14.9. The van der Waals surface area contributed by atoms with Crippen LogP contribution in [0, 0.1) is 13.8 Å². The number of nitrogens with zero attached hydrogens (tertiary/aromatic N) is 2. The number of hydrogen-bond acceptors (Lipinski definition) is 3. The van der Waals surface area contributed by atoms with Gasteiger partial charge < -0.3 is 14.8 Å². The Kier molecular flexibility index (Phi) is 5.32. The average Bonchev–Trinajstić information content (AvgIpc) is 3.35. The van der Waals surface area contributed by atoms with Crippen LogP contribution in [0.5, 0.6) is 0 Å². The van der Waals surface area contributed by atoms with Crippen LogP contribution in [0.25, 0.3) is 10.2 Å².